The fourth-order valence-corrected chi connectivity index (χ4v) is 4.65. The van der Waals surface area contributed by atoms with Gasteiger partial charge in [0.25, 0.3) is 11.2 Å². The molecule has 2 aromatic carbocycles. The Hall–Kier alpha value is -4.05. The van der Waals surface area contributed by atoms with Crippen LogP contribution in [0.25, 0.3) is 11.8 Å². The molecule has 168 valence electrons. The number of nitro benzene ring substituents is 1. The third kappa shape index (κ3) is 4.08. The van der Waals surface area contributed by atoms with Crippen LogP contribution in [0, 0.1) is 10.1 Å². The average molecular weight is 465 g/mol. The third-order valence-electron chi connectivity index (χ3n) is 5.16. The summed E-state index contributed by atoms with van der Waals surface area (Å²) in [6, 6.07) is 11.6. The Morgan fingerprint density at radius 3 is 2.76 bits per heavy atom. The molecule has 1 aliphatic heterocycles. The van der Waals surface area contributed by atoms with Gasteiger partial charge in [-0.2, -0.15) is 0 Å². The van der Waals surface area contributed by atoms with Gasteiger partial charge < -0.3 is 9.84 Å². The number of phenols is 1. The molecule has 1 atom stereocenters. The van der Waals surface area contributed by atoms with Crippen LogP contribution < -0.4 is 14.9 Å². The predicted octanol–water partition coefficient (Wildman–Crippen LogP) is 2.52. The van der Waals surface area contributed by atoms with Gasteiger partial charge in [-0.1, -0.05) is 41.7 Å². The number of carbonyl (C=O) groups is 1. The van der Waals surface area contributed by atoms with E-state index in [1.807, 2.05) is 0 Å². The van der Waals surface area contributed by atoms with E-state index in [1.165, 1.54) is 28.8 Å². The number of hydrogen-bond acceptors (Lipinski definition) is 8. The number of esters is 1. The lowest BCUT2D eigenvalue weighted by Gasteiger charge is -2.22. The molecule has 9 nitrogen and oxygen atoms in total. The van der Waals surface area contributed by atoms with Crippen molar-refractivity contribution in [3.8, 4) is 5.75 Å². The number of carbonyl (C=O) groups excluding carboxylic acids is 1. The summed E-state index contributed by atoms with van der Waals surface area (Å²) in [5, 5.41) is 21.3. The summed E-state index contributed by atoms with van der Waals surface area (Å²) in [7, 11) is 0. The molecule has 0 radical (unpaired) electrons. The summed E-state index contributed by atoms with van der Waals surface area (Å²) < 4.78 is 6.86. The topological polar surface area (TPSA) is 124 Å². The van der Waals surface area contributed by atoms with E-state index in [2.05, 4.69) is 4.99 Å². The van der Waals surface area contributed by atoms with Gasteiger partial charge in [0.15, 0.2) is 4.80 Å². The molecule has 0 aliphatic carbocycles. The number of ether oxygens (including phenoxy) is 1. The number of benzene rings is 2. The van der Waals surface area contributed by atoms with Crippen LogP contribution in [-0.4, -0.2) is 27.2 Å². The first-order valence-electron chi connectivity index (χ1n) is 10.0. The lowest BCUT2D eigenvalue weighted by Crippen LogP contribution is -2.35. The molecule has 1 N–H and O–H groups in total. The van der Waals surface area contributed by atoms with Crippen molar-refractivity contribution in [2.24, 2.45) is 4.99 Å². The number of rotatable bonds is 5. The van der Waals surface area contributed by atoms with Crippen molar-refractivity contribution in [2.45, 2.75) is 19.9 Å². The van der Waals surface area contributed by atoms with Crippen LogP contribution in [0.15, 0.2) is 63.9 Å². The van der Waals surface area contributed by atoms with Crippen LogP contribution in [0.3, 0.4) is 0 Å². The smallest absolute Gasteiger partial charge is 0.338 e. The van der Waals surface area contributed by atoms with Crippen LogP contribution in [0.5, 0.6) is 5.75 Å². The summed E-state index contributed by atoms with van der Waals surface area (Å²) in [5.74, 6) is -0.621. The monoisotopic (exact) mass is 465 g/mol. The summed E-state index contributed by atoms with van der Waals surface area (Å²) in [6.07, 6.45) is 1.56. The second-order valence-corrected chi connectivity index (χ2v) is 8.20. The normalized spacial score (nSPS) is 15.7. The van der Waals surface area contributed by atoms with Gasteiger partial charge in [0.05, 0.1) is 21.6 Å². The maximum Gasteiger partial charge on any atom is 0.338 e. The Morgan fingerprint density at radius 1 is 1.30 bits per heavy atom. The van der Waals surface area contributed by atoms with E-state index in [-0.39, 0.29) is 23.6 Å². The summed E-state index contributed by atoms with van der Waals surface area (Å²) in [4.78, 5) is 41.7. The standard InChI is InChI=1S/C23H19N3O6S/c1-3-32-22(29)19-13(2)25-21(28)18(12-14-7-4-5-10-17(14)27)33-23(25)24-20(19)15-8-6-9-16(11-15)26(30)31/h4-12,20,27H,3H2,1-2H3/b18-12-/t20-/m0/s1. The fraction of sp³-hybridized carbons (Fsp3) is 0.174. The molecule has 0 unspecified atom stereocenters. The largest absolute Gasteiger partial charge is 0.507 e. The average Bonchev–Trinajstić information content (AvgIpc) is 3.10. The van der Waals surface area contributed by atoms with Crippen molar-refractivity contribution in [3.63, 3.8) is 0 Å². The van der Waals surface area contributed by atoms with Gasteiger partial charge >= 0.3 is 5.97 Å². The summed E-state index contributed by atoms with van der Waals surface area (Å²) in [5.41, 5.74) is 0.860. The zero-order valence-electron chi connectivity index (χ0n) is 17.7. The fourth-order valence-electron chi connectivity index (χ4n) is 3.62. The van der Waals surface area contributed by atoms with E-state index < -0.39 is 22.5 Å². The lowest BCUT2D eigenvalue weighted by molar-refractivity contribution is -0.384. The highest BCUT2D eigenvalue weighted by Crippen LogP contribution is 2.33. The summed E-state index contributed by atoms with van der Waals surface area (Å²) >= 11 is 1.10. The first-order chi connectivity index (χ1) is 15.8. The Balaban J connectivity index is 1.97. The minimum absolute atomic E-state index is 0.0270. The number of nitro groups is 1. The molecule has 0 spiro atoms. The van der Waals surface area contributed by atoms with Crippen molar-refractivity contribution in [3.05, 3.63) is 95.0 Å². The molecule has 0 saturated heterocycles. The van der Waals surface area contributed by atoms with Crippen molar-refractivity contribution >= 4 is 34.8 Å². The highest BCUT2D eigenvalue weighted by atomic mass is 32.1. The molecule has 0 amide bonds. The van der Waals surface area contributed by atoms with Gasteiger partial charge in [-0.05, 0) is 31.6 Å². The predicted molar refractivity (Wildman–Crippen MR) is 122 cm³/mol. The highest BCUT2D eigenvalue weighted by molar-refractivity contribution is 7.07. The van der Waals surface area contributed by atoms with E-state index in [0.717, 1.165) is 11.3 Å². The van der Waals surface area contributed by atoms with Crippen LogP contribution in [0.2, 0.25) is 0 Å². The zero-order valence-corrected chi connectivity index (χ0v) is 18.5. The molecular weight excluding hydrogens is 446 g/mol. The Kier molecular flexibility index (Phi) is 5.93. The maximum absolute atomic E-state index is 13.2. The first-order valence-corrected chi connectivity index (χ1v) is 10.9. The maximum atomic E-state index is 13.2. The highest BCUT2D eigenvalue weighted by Gasteiger charge is 2.32. The van der Waals surface area contributed by atoms with Gasteiger partial charge in [-0.3, -0.25) is 19.5 Å². The van der Waals surface area contributed by atoms with Crippen molar-refractivity contribution in [1.82, 2.24) is 4.57 Å². The second-order valence-electron chi connectivity index (χ2n) is 7.20. The number of aromatic hydroxyl groups is 1. The molecule has 3 aromatic rings. The zero-order chi connectivity index (χ0) is 23.7. The molecular formula is C23H19N3O6S. The van der Waals surface area contributed by atoms with Gasteiger partial charge in [0.2, 0.25) is 0 Å². The minimum Gasteiger partial charge on any atom is -0.507 e. The van der Waals surface area contributed by atoms with Crippen molar-refractivity contribution in [1.29, 1.82) is 0 Å². The SMILES string of the molecule is CCOC(=O)C1=C(C)n2c(s/c(=C\c3ccccc3O)c2=O)=N[C@H]1c1cccc([N+](=O)[O-])c1. The van der Waals surface area contributed by atoms with E-state index in [4.69, 9.17) is 4.74 Å². The number of non-ortho nitro benzene ring substituents is 1. The quantitative estimate of drug-likeness (QED) is 0.351. The van der Waals surface area contributed by atoms with Gasteiger partial charge in [0.1, 0.15) is 11.8 Å². The molecule has 0 bridgehead atoms. The number of fused-ring (bicyclic) bond motifs is 1. The number of thiazole rings is 1. The van der Waals surface area contributed by atoms with E-state index in [9.17, 15) is 24.8 Å². The van der Waals surface area contributed by atoms with Crippen molar-refractivity contribution < 1.29 is 19.6 Å². The van der Waals surface area contributed by atoms with E-state index in [1.54, 1.807) is 44.2 Å². The Bertz CT molecular complexity index is 1480. The van der Waals surface area contributed by atoms with E-state index >= 15 is 0 Å². The molecule has 33 heavy (non-hydrogen) atoms. The molecule has 2 heterocycles. The molecule has 4 rings (SSSR count). The van der Waals surface area contributed by atoms with E-state index in [0.29, 0.717) is 26.2 Å². The van der Waals surface area contributed by atoms with Gasteiger partial charge in [-0.15, -0.1) is 0 Å². The van der Waals surface area contributed by atoms with Crippen molar-refractivity contribution in [2.75, 3.05) is 6.61 Å². The molecule has 0 fully saturated rings. The number of allylic oxidation sites excluding steroid dienone is 1. The van der Waals surface area contributed by atoms with Crippen LogP contribution in [0.4, 0.5) is 5.69 Å². The number of hydrogen-bond donors (Lipinski definition) is 1. The third-order valence-corrected chi connectivity index (χ3v) is 6.14. The minimum atomic E-state index is -0.875. The number of aromatic nitrogens is 1. The Labute approximate surface area is 191 Å². The Morgan fingerprint density at radius 2 is 2.06 bits per heavy atom. The number of phenolic OH excluding ortho intramolecular Hbond substituents is 1. The number of nitrogens with zero attached hydrogens (tertiary/aromatic N) is 3. The van der Waals surface area contributed by atoms with Gasteiger partial charge in [0, 0.05) is 23.4 Å². The first kappa shape index (κ1) is 22.2. The number of para-hydroxylation sites is 1. The van der Waals surface area contributed by atoms with Crippen LogP contribution in [0.1, 0.15) is 31.0 Å². The molecule has 0 saturated carbocycles. The van der Waals surface area contributed by atoms with Crippen LogP contribution >= 0.6 is 11.3 Å². The molecule has 10 heteroatoms. The van der Waals surface area contributed by atoms with Gasteiger partial charge in [-0.25, -0.2) is 9.79 Å². The second kappa shape index (κ2) is 8.83. The summed E-state index contributed by atoms with van der Waals surface area (Å²) in [6.45, 7) is 3.40. The molecule has 1 aromatic heterocycles. The lowest BCUT2D eigenvalue weighted by atomic mass is 9.96. The van der Waals surface area contributed by atoms with Crippen LogP contribution in [-0.2, 0) is 9.53 Å². The molecule has 1 aliphatic rings.